The van der Waals surface area contributed by atoms with Gasteiger partial charge in [0.25, 0.3) is 5.91 Å². The Bertz CT molecular complexity index is 728. The van der Waals surface area contributed by atoms with E-state index in [2.05, 4.69) is 0 Å². The largest absolute Gasteiger partial charge is 0.476 e. The van der Waals surface area contributed by atoms with E-state index in [1.807, 2.05) is 0 Å². The van der Waals surface area contributed by atoms with Crippen LogP contribution in [0, 0.1) is 0 Å². The summed E-state index contributed by atoms with van der Waals surface area (Å²) in [4.78, 5) is 14.7. The average molecular weight is 366 g/mol. The van der Waals surface area contributed by atoms with E-state index in [1.165, 1.54) is 10.7 Å². The molecule has 1 aromatic rings. The van der Waals surface area contributed by atoms with E-state index in [-0.39, 0.29) is 24.2 Å². The van der Waals surface area contributed by atoms with Gasteiger partial charge in [0, 0.05) is 13.1 Å². The van der Waals surface area contributed by atoms with Crippen LogP contribution in [0.2, 0.25) is 0 Å². The van der Waals surface area contributed by atoms with Crippen LogP contribution in [0.25, 0.3) is 0 Å². The standard InChI is InChI=1S/C18H26N2O4S/c1-3-25(22,23)20-13-17(24-16-12-8-7-11-15(16)20)18(21)19(2)14-9-5-4-6-10-14/h7-8,11-12,14,17H,3-6,9-10,13H2,1-2H3. The summed E-state index contributed by atoms with van der Waals surface area (Å²) in [6, 6.07) is 7.21. The number of benzene rings is 1. The minimum atomic E-state index is -3.47. The van der Waals surface area contributed by atoms with Gasteiger partial charge in [-0.05, 0) is 31.9 Å². The molecule has 2 aliphatic rings. The van der Waals surface area contributed by atoms with Crippen molar-refractivity contribution in [1.82, 2.24) is 4.90 Å². The zero-order chi connectivity index (χ0) is 18.0. The fraction of sp³-hybridized carbons (Fsp3) is 0.611. The Kier molecular flexibility index (Phi) is 5.22. The number of sulfonamides is 1. The Labute approximate surface area is 149 Å². The first-order valence-corrected chi connectivity index (χ1v) is 10.6. The second-order valence-corrected chi connectivity index (χ2v) is 8.93. The van der Waals surface area contributed by atoms with Crippen LogP contribution < -0.4 is 9.04 Å². The Morgan fingerprint density at radius 3 is 2.60 bits per heavy atom. The molecule has 138 valence electrons. The van der Waals surface area contributed by atoms with Crippen molar-refractivity contribution in [2.45, 2.75) is 51.2 Å². The number of para-hydroxylation sites is 2. The van der Waals surface area contributed by atoms with Gasteiger partial charge >= 0.3 is 0 Å². The van der Waals surface area contributed by atoms with Gasteiger partial charge in [-0.3, -0.25) is 9.10 Å². The van der Waals surface area contributed by atoms with Gasteiger partial charge in [-0.2, -0.15) is 0 Å². The van der Waals surface area contributed by atoms with E-state index in [9.17, 15) is 13.2 Å². The minimum absolute atomic E-state index is 0.0132. The number of fused-ring (bicyclic) bond motifs is 1. The molecule has 1 fully saturated rings. The maximum absolute atomic E-state index is 12.9. The number of hydrogen-bond donors (Lipinski definition) is 0. The van der Waals surface area contributed by atoms with Crippen LogP contribution in [0.5, 0.6) is 5.75 Å². The number of amides is 1. The highest BCUT2D eigenvalue weighted by Gasteiger charge is 2.38. The van der Waals surface area contributed by atoms with Gasteiger partial charge in [0.1, 0.15) is 5.75 Å². The van der Waals surface area contributed by atoms with Gasteiger partial charge in [-0.1, -0.05) is 31.4 Å². The predicted molar refractivity (Wildman–Crippen MR) is 97.3 cm³/mol. The van der Waals surface area contributed by atoms with Gasteiger partial charge in [0.05, 0.1) is 18.0 Å². The van der Waals surface area contributed by atoms with E-state index in [0.717, 1.165) is 25.7 Å². The first-order valence-electron chi connectivity index (χ1n) is 8.97. The smallest absolute Gasteiger partial charge is 0.265 e. The van der Waals surface area contributed by atoms with E-state index in [4.69, 9.17) is 4.74 Å². The summed E-state index contributed by atoms with van der Waals surface area (Å²) in [6.45, 7) is 1.64. The van der Waals surface area contributed by atoms with Crippen molar-refractivity contribution in [3.8, 4) is 5.75 Å². The van der Waals surface area contributed by atoms with Gasteiger partial charge < -0.3 is 9.64 Å². The summed E-state index contributed by atoms with van der Waals surface area (Å²) < 4.78 is 32.2. The summed E-state index contributed by atoms with van der Waals surface area (Å²) in [6.07, 6.45) is 4.68. The molecule has 1 aliphatic carbocycles. The van der Waals surface area contributed by atoms with Crippen LogP contribution in [-0.4, -0.2) is 50.7 Å². The van der Waals surface area contributed by atoms with Crippen molar-refractivity contribution < 1.29 is 17.9 Å². The minimum Gasteiger partial charge on any atom is -0.476 e. The normalized spacial score (nSPS) is 21.4. The molecule has 3 rings (SSSR count). The van der Waals surface area contributed by atoms with Gasteiger partial charge in [-0.25, -0.2) is 8.42 Å². The summed E-state index contributed by atoms with van der Waals surface area (Å²) in [5.41, 5.74) is 0.508. The van der Waals surface area contributed by atoms with E-state index < -0.39 is 16.1 Å². The molecule has 0 saturated heterocycles. The molecular formula is C18H26N2O4S. The SMILES string of the molecule is CCS(=O)(=O)N1CC(C(=O)N(C)C2CCCCC2)Oc2ccccc21. The van der Waals surface area contributed by atoms with E-state index in [0.29, 0.717) is 11.4 Å². The second-order valence-electron chi connectivity index (χ2n) is 6.75. The third-order valence-electron chi connectivity index (χ3n) is 5.18. The van der Waals surface area contributed by atoms with Crippen molar-refractivity contribution >= 4 is 21.6 Å². The topological polar surface area (TPSA) is 66.9 Å². The van der Waals surface area contributed by atoms with E-state index >= 15 is 0 Å². The first-order chi connectivity index (χ1) is 11.9. The van der Waals surface area contributed by atoms with Crippen LogP contribution in [0.1, 0.15) is 39.0 Å². The predicted octanol–water partition coefficient (Wildman–Crippen LogP) is 2.39. The molecule has 1 unspecified atom stereocenters. The highest BCUT2D eigenvalue weighted by atomic mass is 32.2. The summed E-state index contributed by atoms with van der Waals surface area (Å²) in [7, 11) is -1.66. The van der Waals surface area contributed by atoms with Crippen molar-refractivity contribution in [1.29, 1.82) is 0 Å². The Hall–Kier alpha value is -1.76. The van der Waals surface area contributed by atoms with Gasteiger partial charge in [0.15, 0.2) is 6.10 Å². The molecule has 0 N–H and O–H groups in total. The fourth-order valence-electron chi connectivity index (χ4n) is 3.63. The Balaban J connectivity index is 1.85. The molecule has 1 heterocycles. The summed E-state index contributed by atoms with van der Waals surface area (Å²) >= 11 is 0. The zero-order valence-electron chi connectivity index (χ0n) is 14.8. The molecule has 0 aromatic heterocycles. The number of carbonyl (C=O) groups excluding carboxylic acids is 1. The number of likely N-dealkylation sites (N-methyl/N-ethyl adjacent to an activating group) is 1. The lowest BCUT2D eigenvalue weighted by atomic mass is 9.94. The Morgan fingerprint density at radius 2 is 1.92 bits per heavy atom. The maximum Gasteiger partial charge on any atom is 0.265 e. The molecule has 0 radical (unpaired) electrons. The third kappa shape index (κ3) is 3.61. The summed E-state index contributed by atoms with van der Waals surface area (Å²) in [5, 5.41) is 0. The lowest BCUT2D eigenvalue weighted by Crippen LogP contribution is -2.53. The van der Waals surface area contributed by atoms with Gasteiger partial charge in [-0.15, -0.1) is 0 Å². The van der Waals surface area contributed by atoms with Crippen molar-refractivity contribution in [3.05, 3.63) is 24.3 Å². The lowest BCUT2D eigenvalue weighted by Gasteiger charge is -2.38. The number of ether oxygens (including phenoxy) is 1. The van der Waals surface area contributed by atoms with Crippen LogP contribution >= 0.6 is 0 Å². The molecule has 0 spiro atoms. The maximum atomic E-state index is 12.9. The highest BCUT2D eigenvalue weighted by molar-refractivity contribution is 7.92. The lowest BCUT2D eigenvalue weighted by molar-refractivity contribution is -0.139. The number of rotatable bonds is 4. The average Bonchev–Trinajstić information content (AvgIpc) is 2.66. The second kappa shape index (κ2) is 7.23. The van der Waals surface area contributed by atoms with E-state index in [1.54, 1.807) is 43.1 Å². The molecule has 25 heavy (non-hydrogen) atoms. The molecule has 1 amide bonds. The highest BCUT2D eigenvalue weighted by Crippen LogP contribution is 2.35. The zero-order valence-corrected chi connectivity index (χ0v) is 15.7. The monoisotopic (exact) mass is 366 g/mol. The number of nitrogens with zero attached hydrogens (tertiary/aromatic N) is 2. The van der Waals surface area contributed by atoms with Crippen molar-refractivity contribution in [2.75, 3.05) is 23.7 Å². The number of carbonyl (C=O) groups is 1. The van der Waals surface area contributed by atoms with Crippen LogP contribution in [0.4, 0.5) is 5.69 Å². The van der Waals surface area contributed by atoms with Crippen LogP contribution in [0.3, 0.4) is 0 Å². The molecule has 6 nitrogen and oxygen atoms in total. The van der Waals surface area contributed by atoms with Gasteiger partial charge in [0.2, 0.25) is 10.0 Å². The van der Waals surface area contributed by atoms with Crippen LogP contribution in [-0.2, 0) is 14.8 Å². The first kappa shape index (κ1) is 18.0. The molecule has 1 aromatic carbocycles. The van der Waals surface area contributed by atoms with Crippen molar-refractivity contribution in [2.24, 2.45) is 0 Å². The third-order valence-corrected chi connectivity index (χ3v) is 6.93. The fourth-order valence-corrected chi connectivity index (χ4v) is 4.75. The van der Waals surface area contributed by atoms with Crippen LogP contribution in [0.15, 0.2) is 24.3 Å². The molecular weight excluding hydrogens is 340 g/mol. The molecule has 1 saturated carbocycles. The number of anilines is 1. The quantitative estimate of drug-likeness (QED) is 0.821. The summed E-state index contributed by atoms with van der Waals surface area (Å²) in [5.74, 6) is 0.291. The molecule has 0 bridgehead atoms. The molecule has 7 heteroatoms. The Morgan fingerprint density at radius 1 is 1.24 bits per heavy atom. The molecule has 1 aliphatic heterocycles. The molecule has 1 atom stereocenters. The number of hydrogen-bond acceptors (Lipinski definition) is 4. The van der Waals surface area contributed by atoms with Crippen molar-refractivity contribution in [3.63, 3.8) is 0 Å².